The Kier molecular flexibility index (Phi) is 5.53. The summed E-state index contributed by atoms with van der Waals surface area (Å²) in [4.78, 5) is 26.6. The molecule has 0 radical (unpaired) electrons. The first-order valence-corrected chi connectivity index (χ1v) is 10.1. The lowest BCUT2D eigenvalue weighted by molar-refractivity contribution is -0.122. The minimum atomic E-state index is -0.406. The fourth-order valence-electron chi connectivity index (χ4n) is 3.24. The van der Waals surface area contributed by atoms with E-state index in [1.807, 2.05) is 54.6 Å². The first-order valence-electron chi connectivity index (χ1n) is 9.24. The first-order chi connectivity index (χ1) is 14.1. The van der Waals surface area contributed by atoms with Gasteiger partial charge in [0.15, 0.2) is 0 Å². The van der Waals surface area contributed by atoms with Gasteiger partial charge in [-0.2, -0.15) is 0 Å². The highest BCUT2D eigenvalue weighted by Crippen LogP contribution is 2.26. The largest absolute Gasteiger partial charge is 0.497 e. The number of amides is 2. The Hall–Kier alpha value is -3.26. The van der Waals surface area contributed by atoms with Gasteiger partial charge >= 0.3 is 0 Å². The lowest BCUT2D eigenvalue weighted by Gasteiger charge is -2.16. The number of aromatic nitrogens is 2. The molecule has 2 aromatic carbocycles. The maximum atomic E-state index is 12.6. The van der Waals surface area contributed by atoms with Crippen molar-refractivity contribution < 1.29 is 14.3 Å². The van der Waals surface area contributed by atoms with Crippen LogP contribution in [0.2, 0.25) is 0 Å². The second-order valence-corrected chi connectivity index (χ2v) is 7.82. The van der Waals surface area contributed by atoms with Crippen LogP contribution in [-0.2, 0) is 16.0 Å². The van der Waals surface area contributed by atoms with Crippen molar-refractivity contribution in [2.24, 2.45) is 5.92 Å². The number of anilines is 2. The summed E-state index contributed by atoms with van der Waals surface area (Å²) in [7, 11) is 1.63. The number of rotatable bonds is 6. The number of carbonyl (C=O) groups is 2. The highest BCUT2D eigenvalue weighted by molar-refractivity contribution is 7.15. The molecule has 29 heavy (non-hydrogen) atoms. The minimum absolute atomic E-state index is 0.0474. The van der Waals surface area contributed by atoms with Gasteiger partial charge in [0.25, 0.3) is 0 Å². The fraction of sp³-hybridized carbons (Fsp3) is 0.238. The van der Waals surface area contributed by atoms with Gasteiger partial charge in [0.2, 0.25) is 16.9 Å². The number of hydrogen-bond donors (Lipinski definition) is 1. The van der Waals surface area contributed by atoms with Crippen LogP contribution in [0.5, 0.6) is 5.75 Å². The summed E-state index contributed by atoms with van der Waals surface area (Å²) in [6.45, 7) is 0.367. The quantitative estimate of drug-likeness (QED) is 0.677. The van der Waals surface area contributed by atoms with E-state index in [1.54, 1.807) is 12.0 Å². The van der Waals surface area contributed by atoms with E-state index < -0.39 is 5.92 Å². The number of ether oxygens (including phenoxy) is 1. The van der Waals surface area contributed by atoms with Crippen LogP contribution in [0.15, 0.2) is 54.6 Å². The Bertz CT molecular complexity index is 1000. The number of methoxy groups -OCH3 is 1. The second kappa shape index (κ2) is 8.40. The molecule has 148 valence electrons. The Labute approximate surface area is 172 Å². The maximum Gasteiger partial charge on any atom is 0.231 e. The van der Waals surface area contributed by atoms with Crippen molar-refractivity contribution in [3.63, 3.8) is 0 Å². The molecule has 1 fully saturated rings. The van der Waals surface area contributed by atoms with Gasteiger partial charge in [-0.3, -0.25) is 9.59 Å². The molecule has 1 saturated heterocycles. The highest BCUT2D eigenvalue weighted by Gasteiger charge is 2.35. The third-order valence-corrected chi connectivity index (χ3v) is 5.61. The van der Waals surface area contributed by atoms with Gasteiger partial charge in [-0.25, -0.2) is 0 Å². The standard InChI is InChI=1S/C21H20N4O3S/c1-28-17-9-7-14(8-10-17)11-18-23-24-21(29-18)22-20(27)15-12-19(26)25(13-15)16-5-3-2-4-6-16/h2-10,15H,11-13H2,1H3,(H,22,24,27)/t15-/m0/s1. The van der Waals surface area contributed by atoms with Crippen molar-refractivity contribution in [2.75, 3.05) is 23.9 Å². The predicted molar refractivity (Wildman–Crippen MR) is 111 cm³/mol. The SMILES string of the molecule is COc1ccc(Cc2nnc(NC(=O)[C@H]3CC(=O)N(c4ccccc4)C3)s2)cc1. The van der Waals surface area contributed by atoms with Crippen LogP contribution in [0.25, 0.3) is 0 Å². The molecule has 2 heterocycles. The van der Waals surface area contributed by atoms with Crippen molar-refractivity contribution in [3.05, 3.63) is 65.2 Å². The zero-order valence-corrected chi connectivity index (χ0v) is 16.7. The van der Waals surface area contributed by atoms with Crippen LogP contribution < -0.4 is 15.0 Å². The molecule has 1 aromatic heterocycles. The molecule has 1 aliphatic heterocycles. The topological polar surface area (TPSA) is 84.4 Å². The van der Waals surface area contributed by atoms with Crippen LogP contribution in [0.3, 0.4) is 0 Å². The van der Waals surface area contributed by atoms with E-state index in [1.165, 1.54) is 11.3 Å². The van der Waals surface area contributed by atoms with Gasteiger partial charge in [-0.1, -0.05) is 41.7 Å². The van der Waals surface area contributed by atoms with E-state index in [4.69, 9.17) is 4.74 Å². The third-order valence-electron chi connectivity index (χ3n) is 4.78. The second-order valence-electron chi connectivity index (χ2n) is 6.76. The lowest BCUT2D eigenvalue weighted by Crippen LogP contribution is -2.28. The normalized spacial score (nSPS) is 16.1. The molecule has 4 rings (SSSR count). The van der Waals surface area contributed by atoms with E-state index >= 15 is 0 Å². The molecule has 1 N–H and O–H groups in total. The Morgan fingerprint density at radius 2 is 1.93 bits per heavy atom. The van der Waals surface area contributed by atoms with E-state index in [9.17, 15) is 9.59 Å². The molecule has 1 aliphatic rings. The summed E-state index contributed by atoms with van der Waals surface area (Å²) in [5.41, 5.74) is 1.89. The number of para-hydroxylation sites is 1. The summed E-state index contributed by atoms with van der Waals surface area (Å²) in [5, 5.41) is 12.3. The monoisotopic (exact) mass is 408 g/mol. The van der Waals surface area contributed by atoms with Crippen molar-refractivity contribution >= 4 is 34.0 Å². The van der Waals surface area contributed by atoms with Gasteiger partial charge in [0.05, 0.1) is 13.0 Å². The molecular weight excluding hydrogens is 388 g/mol. The van der Waals surface area contributed by atoms with Gasteiger partial charge in [-0.15, -0.1) is 10.2 Å². The molecule has 1 atom stereocenters. The smallest absolute Gasteiger partial charge is 0.231 e. The van der Waals surface area contributed by atoms with Crippen LogP contribution in [0.1, 0.15) is 17.0 Å². The van der Waals surface area contributed by atoms with Crippen molar-refractivity contribution in [1.82, 2.24) is 10.2 Å². The lowest BCUT2D eigenvalue weighted by atomic mass is 10.1. The summed E-state index contributed by atoms with van der Waals surface area (Å²) < 4.78 is 5.16. The van der Waals surface area contributed by atoms with E-state index in [-0.39, 0.29) is 18.2 Å². The molecule has 7 nitrogen and oxygen atoms in total. The van der Waals surface area contributed by atoms with E-state index in [0.29, 0.717) is 18.1 Å². The van der Waals surface area contributed by atoms with Crippen LogP contribution in [0, 0.1) is 5.92 Å². The zero-order chi connectivity index (χ0) is 20.2. The molecular formula is C21H20N4O3S. The van der Waals surface area contributed by atoms with Crippen LogP contribution in [-0.4, -0.2) is 35.7 Å². The molecule has 2 amide bonds. The molecule has 8 heteroatoms. The average molecular weight is 408 g/mol. The summed E-state index contributed by atoms with van der Waals surface area (Å²) >= 11 is 1.34. The number of benzene rings is 2. The molecule has 0 bridgehead atoms. The maximum absolute atomic E-state index is 12.6. The van der Waals surface area contributed by atoms with Gasteiger partial charge in [0.1, 0.15) is 10.8 Å². The van der Waals surface area contributed by atoms with Crippen molar-refractivity contribution in [1.29, 1.82) is 0 Å². The van der Waals surface area contributed by atoms with Gasteiger partial charge in [-0.05, 0) is 29.8 Å². The Morgan fingerprint density at radius 1 is 1.17 bits per heavy atom. The molecule has 0 saturated carbocycles. The molecule has 0 spiro atoms. The number of nitrogens with zero attached hydrogens (tertiary/aromatic N) is 3. The summed E-state index contributed by atoms with van der Waals surface area (Å²) in [6, 6.07) is 17.1. The van der Waals surface area contributed by atoms with Gasteiger partial charge < -0.3 is 15.0 Å². The van der Waals surface area contributed by atoms with Crippen LogP contribution >= 0.6 is 11.3 Å². The van der Waals surface area contributed by atoms with Crippen molar-refractivity contribution in [3.8, 4) is 5.75 Å². The molecule has 3 aromatic rings. The Morgan fingerprint density at radius 3 is 2.66 bits per heavy atom. The Balaban J connectivity index is 1.36. The summed E-state index contributed by atoms with van der Waals surface area (Å²) in [6.07, 6.45) is 0.819. The van der Waals surface area contributed by atoms with E-state index in [2.05, 4.69) is 15.5 Å². The fourth-order valence-corrected chi connectivity index (χ4v) is 4.02. The number of hydrogen-bond acceptors (Lipinski definition) is 6. The van der Waals surface area contributed by atoms with Crippen LogP contribution in [0.4, 0.5) is 10.8 Å². The van der Waals surface area contributed by atoms with Gasteiger partial charge in [0, 0.05) is 25.1 Å². The third kappa shape index (κ3) is 4.43. The average Bonchev–Trinajstić information content (AvgIpc) is 3.35. The summed E-state index contributed by atoms with van der Waals surface area (Å²) in [5.74, 6) is 0.143. The zero-order valence-electron chi connectivity index (χ0n) is 15.9. The number of carbonyl (C=O) groups excluding carboxylic acids is 2. The highest BCUT2D eigenvalue weighted by atomic mass is 32.1. The minimum Gasteiger partial charge on any atom is -0.497 e. The van der Waals surface area contributed by atoms with Crippen molar-refractivity contribution in [2.45, 2.75) is 12.8 Å². The molecule has 0 unspecified atom stereocenters. The molecule has 0 aliphatic carbocycles. The first kappa shape index (κ1) is 19.1. The predicted octanol–water partition coefficient (Wildman–Crippen LogP) is 3.13. The number of nitrogens with one attached hydrogen (secondary N) is 1. The van der Waals surface area contributed by atoms with E-state index in [0.717, 1.165) is 22.0 Å².